The Labute approximate surface area is 177 Å². The van der Waals surface area contributed by atoms with Gasteiger partial charge in [-0.2, -0.15) is 0 Å². The number of para-hydroxylation sites is 1. The third-order valence-electron chi connectivity index (χ3n) is 4.79. The van der Waals surface area contributed by atoms with Gasteiger partial charge >= 0.3 is 6.03 Å². The fraction of sp³-hybridized carbons (Fsp3) is 0.130. The molecule has 2 heterocycles. The first kappa shape index (κ1) is 20.2. The summed E-state index contributed by atoms with van der Waals surface area (Å²) < 4.78 is 25.0. The highest BCUT2D eigenvalue weighted by molar-refractivity contribution is 6.05. The minimum absolute atomic E-state index is 0.0614. The minimum atomic E-state index is -0.629. The molecule has 2 aromatic carbocycles. The van der Waals surface area contributed by atoms with Crippen LogP contribution in [0.2, 0.25) is 0 Å². The van der Waals surface area contributed by atoms with Crippen LogP contribution in [0.15, 0.2) is 69.7 Å². The number of furan rings is 2. The molecule has 0 saturated carbocycles. The molecule has 0 bridgehead atoms. The van der Waals surface area contributed by atoms with Crippen LogP contribution in [0.25, 0.3) is 11.0 Å². The summed E-state index contributed by atoms with van der Waals surface area (Å²) in [6.07, 6.45) is 1.38. The number of anilines is 2. The van der Waals surface area contributed by atoms with Crippen molar-refractivity contribution >= 4 is 34.3 Å². The predicted octanol–water partition coefficient (Wildman–Crippen LogP) is 5.61. The summed E-state index contributed by atoms with van der Waals surface area (Å²) in [5, 5.41) is 8.84. The number of hydrogen-bond donors (Lipinski definition) is 3. The highest BCUT2D eigenvalue weighted by Crippen LogP contribution is 2.24. The maximum Gasteiger partial charge on any atom is 0.319 e. The number of benzene rings is 2. The van der Waals surface area contributed by atoms with Crippen molar-refractivity contribution in [1.82, 2.24) is 5.32 Å². The van der Waals surface area contributed by atoms with Crippen molar-refractivity contribution in [3.8, 4) is 0 Å². The number of urea groups is 1. The second kappa shape index (κ2) is 8.35. The van der Waals surface area contributed by atoms with E-state index in [4.69, 9.17) is 8.83 Å². The van der Waals surface area contributed by atoms with Gasteiger partial charge in [0.1, 0.15) is 22.9 Å². The summed E-state index contributed by atoms with van der Waals surface area (Å²) in [4.78, 5) is 24.7. The molecule has 7 nitrogen and oxygen atoms in total. The largest absolute Gasteiger partial charge is 0.469 e. The number of rotatable bonds is 5. The molecule has 3 amide bonds. The average Bonchev–Trinajstić information content (AvgIpc) is 3.36. The van der Waals surface area contributed by atoms with Gasteiger partial charge < -0.3 is 24.8 Å². The van der Waals surface area contributed by atoms with Crippen molar-refractivity contribution in [2.24, 2.45) is 0 Å². The maximum absolute atomic E-state index is 14.2. The van der Waals surface area contributed by atoms with Gasteiger partial charge in [-0.15, -0.1) is 0 Å². The molecule has 4 aromatic rings. The molecule has 3 N–H and O–H groups in total. The summed E-state index contributed by atoms with van der Waals surface area (Å²) in [5.74, 6) is -0.105. The molecule has 31 heavy (non-hydrogen) atoms. The molecule has 2 aromatic heterocycles. The first-order valence-electron chi connectivity index (χ1n) is 9.61. The van der Waals surface area contributed by atoms with Crippen molar-refractivity contribution in [2.45, 2.75) is 19.9 Å². The summed E-state index contributed by atoms with van der Waals surface area (Å²) in [6.45, 7) is 3.43. The molecule has 1 atom stereocenters. The molecule has 0 aliphatic rings. The Kier molecular flexibility index (Phi) is 5.44. The monoisotopic (exact) mass is 421 g/mol. The molecular weight excluding hydrogens is 401 g/mol. The van der Waals surface area contributed by atoms with Gasteiger partial charge in [-0.3, -0.25) is 4.79 Å². The lowest BCUT2D eigenvalue weighted by Crippen LogP contribution is -2.31. The quantitative estimate of drug-likeness (QED) is 0.390. The minimum Gasteiger partial charge on any atom is -0.469 e. The fourth-order valence-corrected chi connectivity index (χ4v) is 3.16. The summed E-state index contributed by atoms with van der Waals surface area (Å²) in [7, 11) is 0. The highest BCUT2D eigenvalue weighted by atomic mass is 19.1. The van der Waals surface area contributed by atoms with E-state index in [2.05, 4.69) is 16.0 Å². The molecule has 158 valence electrons. The summed E-state index contributed by atoms with van der Waals surface area (Å²) >= 11 is 0. The zero-order valence-corrected chi connectivity index (χ0v) is 16.9. The van der Waals surface area contributed by atoms with E-state index in [1.54, 1.807) is 13.8 Å². The van der Waals surface area contributed by atoms with Gasteiger partial charge in [0.2, 0.25) is 0 Å². The number of halogens is 1. The first-order valence-corrected chi connectivity index (χ1v) is 9.61. The third-order valence-corrected chi connectivity index (χ3v) is 4.79. The van der Waals surface area contributed by atoms with E-state index in [0.29, 0.717) is 22.8 Å². The van der Waals surface area contributed by atoms with E-state index in [1.165, 1.54) is 24.5 Å². The number of carbonyl (C=O) groups excluding carboxylic acids is 2. The first-order chi connectivity index (χ1) is 14.9. The van der Waals surface area contributed by atoms with Gasteiger partial charge in [0.25, 0.3) is 5.91 Å². The molecule has 0 spiro atoms. The molecule has 0 aliphatic heterocycles. The molecule has 1 unspecified atom stereocenters. The van der Waals surface area contributed by atoms with Crippen LogP contribution in [-0.2, 0) is 0 Å². The van der Waals surface area contributed by atoms with Gasteiger partial charge in [-0.1, -0.05) is 18.2 Å². The average molecular weight is 421 g/mol. The number of fused-ring (bicyclic) bond motifs is 1. The van der Waals surface area contributed by atoms with Crippen LogP contribution in [0.4, 0.5) is 20.6 Å². The zero-order valence-electron chi connectivity index (χ0n) is 16.9. The second-order valence-corrected chi connectivity index (χ2v) is 7.05. The van der Waals surface area contributed by atoms with Gasteiger partial charge in [0, 0.05) is 11.1 Å². The number of nitrogens with one attached hydrogen (secondary N) is 3. The molecule has 8 heteroatoms. The fourth-order valence-electron chi connectivity index (χ4n) is 3.16. The van der Waals surface area contributed by atoms with E-state index in [-0.39, 0.29) is 5.69 Å². The lowest BCUT2D eigenvalue weighted by atomic mass is 10.2. The Hall–Kier alpha value is -4.07. The highest BCUT2D eigenvalue weighted by Gasteiger charge is 2.16. The molecular formula is C23H20FN3O4. The Balaban J connectivity index is 1.42. The van der Waals surface area contributed by atoms with Gasteiger partial charge in [-0.05, 0) is 50.2 Å². The molecule has 0 radical (unpaired) electrons. The van der Waals surface area contributed by atoms with Crippen LogP contribution in [0.5, 0.6) is 0 Å². The number of hydrogen-bond acceptors (Lipinski definition) is 4. The normalized spacial score (nSPS) is 11.8. The second-order valence-electron chi connectivity index (χ2n) is 7.05. The van der Waals surface area contributed by atoms with Crippen molar-refractivity contribution in [2.75, 3.05) is 10.6 Å². The van der Waals surface area contributed by atoms with E-state index in [1.807, 2.05) is 30.3 Å². The van der Waals surface area contributed by atoms with Crippen molar-refractivity contribution < 1.29 is 22.8 Å². The third kappa shape index (κ3) is 4.42. The summed E-state index contributed by atoms with van der Waals surface area (Å²) in [6, 6.07) is 13.9. The van der Waals surface area contributed by atoms with Gasteiger partial charge in [0.05, 0.1) is 23.6 Å². The standard InChI is InChI=1S/C23H20FN3O4/c1-13(21-11-15-5-3-4-6-20(15)31-21)25-23(29)26-16-7-8-18(24)19(12-16)27-22(28)17-9-10-30-14(17)2/h3-13H,1-2H3,(H,27,28)(H2,25,26,29). The van der Waals surface area contributed by atoms with Crippen molar-refractivity contribution in [3.63, 3.8) is 0 Å². The van der Waals surface area contributed by atoms with E-state index in [0.717, 1.165) is 17.0 Å². The molecule has 0 saturated heterocycles. The van der Waals surface area contributed by atoms with Gasteiger partial charge in [0.15, 0.2) is 0 Å². The van der Waals surface area contributed by atoms with Gasteiger partial charge in [-0.25, -0.2) is 9.18 Å². The molecule has 0 fully saturated rings. The van der Waals surface area contributed by atoms with Crippen LogP contribution in [-0.4, -0.2) is 11.9 Å². The predicted molar refractivity (Wildman–Crippen MR) is 115 cm³/mol. The van der Waals surface area contributed by atoms with Crippen LogP contribution >= 0.6 is 0 Å². The number of aryl methyl sites for hydroxylation is 1. The molecule has 4 rings (SSSR count). The zero-order chi connectivity index (χ0) is 22.0. The van der Waals surface area contributed by atoms with Crippen molar-refractivity contribution in [3.05, 3.63) is 83.8 Å². The lowest BCUT2D eigenvalue weighted by Gasteiger charge is -2.13. The lowest BCUT2D eigenvalue weighted by molar-refractivity contribution is 0.102. The Morgan fingerprint density at radius 1 is 1.03 bits per heavy atom. The number of amides is 3. The van der Waals surface area contributed by atoms with Crippen molar-refractivity contribution in [1.29, 1.82) is 0 Å². The smallest absolute Gasteiger partial charge is 0.319 e. The van der Waals surface area contributed by atoms with E-state index < -0.39 is 23.8 Å². The van der Waals surface area contributed by atoms with Crippen LogP contribution in [0, 0.1) is 12.7 Å². The molecule has 0 aliphatic carbocycles. The SMILES string of the molecule is Cc1occc1C(=O)Nc1cc(NC(=O)NC(C)c2cc3ccccc3o2)ccc1F. The number of carbonyl (C=O) groups is 2. The summed E-state index contributed by atoms with van der Waals surface area (Å²) in [5.41, 5.74) is 1.29. The Bertz CT molecular complexity index is 1230. The van der Waals surface area contributed by atoms with Crippen LogP contribution in [0.3, 0.4) is 0 Å². The maximum atomic E-state index is 14.2. The van der Waals surface area contributed by atoms with E-state index in [9.17, 15) is 14.0 Å². The van der Waals surface area contributed by atoms with Crippen LogP contribution in [0.1, 0.15) is 34.8 Å². The Morgan fingerprint density at radius 2 is 1.84 bits per heavy atom. The van der Waals surface area contributed by atoms with Crippen LogP contribution < -0.4 is 16.0 Å². The van der Waals surface area contributed by atoms with E-state index >= 15 is 0 Å². The topological polar surface area (TPSA) is 96.5 Å². The Morgan fingerprint density at radius 3 is 2.58 bits per heavy atom.